The first-order valence-electron chi connectivity index (χ1n) is 7.64. The molecular weight excluding hydrogens is 272 g/mol. The Balaban J connectivity index is 2.14. The lowest BCUT2D eigenvalue weighted by atomic mass is 9.94. The van der Waals surface area contributed by atoms with E-state index in [4.69, 9.17) is 5.73 Å². The van der Waals surface area contributed by atoms with Gasteiger partial charge >= 0.3 is 0 Å². The SMILES string of the molecule is CC(C)C(c1ccccc1)N(C)C(=O)Cc1ccc(N)cc1. The van der Waals surface area contributed by atoms with Crippen molar-refractivity contribution in [2.45, 2.75) is 26.3 Å². The van der Waals surface area contributed by atoms with Gasteiger partial charge in [-0.1, -0.05) is 56.3 Å². The Labute approximate surface area is 132 Å². The number of benzene rings is 2. The Morgan fingerprint density at radius 1 is 1.05 bits per heavy atom. The van der Waals surface area contributed by atoms with E-state index in [9.17, 15) is 4.79 Å². The van der Waals surface area contributed by atoms with Crippen molar-refractivity contribution in [3.63, 3.8) is 0 Å². The number of hydrogen-bond donors (Lipinski definition) is 1. The van der Waals surface area contributed by atoms with Gasteiger partial charge in [-0.2, -0.15) is 0 Å². The fourth-order valence-corrected chi connectivity index (χ4v) is 2.80. The highest BCUT2D eigenvalue weighted by Gasteiger charge is 2.24. The van der Waals surface area contributed by atoms with Crippen molar-refractivity contribution >= 4 is 11.6 Å². The van der Waals surface area contributed by atoms with Crippen molar-refractivity contribution in [2.24, 2.45) is 5.92 Å². The van der Waals surface area contributed by atoms with Crippen LogP contribution in [0.4, 0.5) is 5.69 Å². The normalized spacial score (nSPS) is 12.2. The zero-order chi connectivity index (χ0) is 16.1. The fraction of sp³-hybridized carbons (Fsp3) is 0.316. The van der Waals surface area contributed by atoms with Crippen molar-refractivity contribution in [3.05, 3.63) is 65.7 Å². The molecule has 1 atom stereocenters. The first kappa shape index (κ1) is 16.1. The second kappa shape index (κ2) is 7.12. The summed E-state index contributed by atoms with van der Waals surface area (Å²) in [5, 5.41) is 0. The van der Waals surface area contributed by atoms with Gasteiger partial charge in [0.2, 0.25) is 5.91 Å². The first-order chi connectivity index (χ1) is 10.5. The van der Waals surface area contributed by atoms with Gasteiger partial charge in [-0.25, -0.2) is 0 Å². The molecule has 0 aromatic heterocycles. The van der Waals surface area contributed by atoms with Crippen LogP contribution in [0.3, 0.4) is 0 Å². The van der Waals surface area contributed by atoms with Crippen LogP contribution in [0.25, 0.3) is 0 Å². The molecule has 0 saturated heterocycles. The molecule has 1 unspecified atom stereocenters. The van der Waals surface area contributed by atoms with Gasteiger partial charge < -0.3 is 10.6 Å². The van der Waals surface area contributed by atoms with Gasteiger partial charge in [0, 0.05) is 12.7 Å². The summed E-state index contributed by atoms with van der Waals surface area (Å²) in [6.45, 7) is 4.29. The largest absolute Gasteiger partial charge is 0.399 e. The number of carbonyl (C=O) groups is 1. The number of rotatable bonds is 5. The van der Waals surface area contributed by atoms with Crippen molar-refractivity contribution in [2.75, 3.05) is 12.8 Å². The molecule has 0 heterocycles. The molecule has 0 aliphatic heterocycles. The minimum absolute atomic E-state index is 0.0856. The van der Waals surface area contributed by atoms with Crippen LogP contribution in [0.2, 0.25) is 0 Å². The van der Waals surface area contributed by atoms with Crippen molar-refractivity contribution in [3.8, 4) is 0 Å². The van der Waals surface area contributed by atoms with E-state index in [1.807, 2.05) is 54.4 Å². The highest BCUT2D eigenvalue weighted by atomic mass is 16.2. The number of nitrogen functional groups attached to an aromatic ring is 1. The highest BCUT2D eigenvalue weighted by molar-refractivity contribution is 5.79. The summed E-state index contributed by atoms with van der Waals surface area (Å²) in [5.74, 6) is 0.468. The molecule has 22 heavy (non-hydrogen) atoms. The smallest absolute Gasteiger partial charge is 0.227 e. The van der Waals surface area contributed by atoms with Crippen molar-refractivity contribution in [1.29, 1.82) is 0 Å². The maximum atomic E-state index is 12.6. The van der Waals surface area contributed by atoms with Crippen LogP contribution >= 0.6 is 0 Å². The number of amides is 1. The molecule has 0 saturated carbocycles. The molecule has 3 heteroatoms. The fourth-order valence-electron chi connectivity index (χ4n) is 2.80. The molecule has 0 aliphatic rings. The van der Waals surface area contributed by atoms with Crippen LogP contribution in [0.5, 0.6) is 0 Å². The lowest BCUT2D eigenvalue weighted by Crippen LogP contribution is -2.35. The molecule has 0 aliphatic carbocycles. The van der Waals surface area contributed by atoms with Crippen molar-refractivity contribution < 1.29 is 4.79 Å². The zero-order valence-corrected chi connectivity index (χ0v) is 13.5. The van der Waals surface area contributed by atoms with Gasteiger partial charge in [0.05, 0.1) is 12.5 Å². The van der Waals surface area contributed by atoms with Gasteiger partial charge in [-0.05, 0) is 29.2 Å². The topological polar surface area (TPSA) is 46.3 Å². The third-order valence-electron chi connectivity index (χ3n) is 3.92. The summed E-state index contributed by atoms with van der Waals surface area (Å²) in [6, 6.07) is 17.8. The third-order valence-corrected chi connectivity index (χ3v) is 3.92. The molecule has 3 nitrogen and oxygen atoms in total. The van der Waals surface area contributed by atoms with Crippen LogP contribution in [-0.4, -0.2) is 17.9 Å². The molecule has 0 spiro atoms. The van der Waals surface area contributed by atoms with E-state index in [-0.39, 0.29) is 11.9 Å². The van der Waals surface area contributed by atoms with E-state index in [0.29, 0.717) is 18.0 Å². The van der Waals surface area contributed by atoms with E-state index in [1.165, 1.54) is 5.56 Å². The molecule has 2 rings (SSSR count). The summed E-state index contributed by atoms with van der Waals surface area (Å²) in [7, 11) is 1.89. The maximum absolute atomic E-state index is 12.6. The van der Waals surface area contributed by atoms with E-state index >= 15 is 0 Å². The Hall–Kier alpha value is -2.29. The second-order valence-corrected chi connectivity index (χ2v) is 6.02. The number of anilines is 1. The predicted molar refractivity (Wildman–Crippen MR) is 91.3 cm³/mol. The van der Waals surface area contributed by atoms with Crippen LogP contribution in [0, 0.1) is 5.92 Å². The van der Waals surface area contributed by atoms with Crippen molar-refractivity contribution in [1.82, 2.24) is 4.90 Å². The number of likely N-dealkylation sites (N-methyl/N-ethyl adjacent to an activating group) is 1. The van der Waals surface area contributed by atoms with Crippen LogP contribution < -0.4 is 5.73 Å². The van der Waals surface area contributed by atoms with Gasteiger partial charge in [-0.3, -0.25) is 4.79 Å². The molecule has 2 aromatic carbocycles. The first-order valence-corrected chi connectivity index (χ1v) is 7.64. The molecule has 2 aromatic rings. The van der Waals surface area contributed by atoms with E-state index in [1.54, 1.807) is 0 Å². The summed E-state index contributed by atoms with van der Waals surface area (Å²) in [5.41, 5.74) is 8.56. The Kier molecular flexibility index (Phi) is 5.21. The third kappa shape index (κ3) is 3.88. The second-order valence-electron chi connectivity index (χ2n) is 6.02. The van der Waals surface area contributed by atoms with Gasteiger partial charge in [0.15, 0.2) is 0 Å². The Morgan fingerprint density at radius 2 is 1.64 bits per heavy atom. The maximum Gasteiger partial charge on any atom is 0.227 e. The number of nitrogens with two attached hydrogens (primary N) is 1. The van der Waals surface area contributed by atoms with E-state index in [2.05, 4.69) is 26.0 Å². The molecule has 1 amide bonds. The number of carbonyl (C=O) groups excluding carboxylic acids is 1. The van der Waals surface area contributed by atoms with E-state index in [0.717, 1.165) is 5.56 Å². The molecule has 0 radical (unpaired) electrons. The quantitative estimate of drug-likeness (QED) is 0.856. The summed E-state index contributed by atoms with van der Waals surface area (Å²) < 4.78 is 0. The monoisotopic (exact) mass is 296 g/mol. The minimum Gasteiger partial charge on any atom is -0.399 e. The Morgan fingerprint density at radius 3 is 2.18 bits per heavy atom. The number of hydrogen-bond acceptors (Lipinski definition) is 2. The Bertz CT molecular complexity index is 605. The summed E-state index contributed by atoms with van der Waals surface area (Å²) >= 11 is 0. The summed E-state index contributed by atoms with van der Waals surface area (Å²) in [6.07, 6.45) is 0.396. The lowest BCUT2D eigenvalue weighted by Gasteiger charge is -2.32. The number of nitrogens with zero attached hydrogens (tertiary/aromatic N) is 1. The van der Waals surface area contributed by atoms with Gasteiger partial charge in [-0.15, -0.1) is 0 Å². The predicted octanol–water partition coefficient (Wildman–Crippen LogP) is 3.67. The lowest BCUT2D eigenvalue weighted by molar-refractivity contribution is -0.132. The summed E-state index contributed by atoms with van der Waals surface area (Å²) in [4.78, 5) is 14.5. The van der Waals surface area contributed by atoms with E-state index < -0.39 is 0 Å². The highest BCUT2D eigenvalue weighted by Crippen LogP contribution is 2.27. The molecule has 2 N–H and O–H groups in total. The van der Waals surface area contributed by atoms with Gasteiger partial charge in [0.25, 0.3) is 0 Å². The van der Waals surface area contributed by atoms with Gasteiger partial charge in [0.1, 0.15) is 0 Å². The van der Waals surface area contributed by atoms with Crippen LogP contribution in [0.15, 0.2) is 54.6 Å². The average molecular weight is 296 g/mol. The molecule has 0 bridgehead atoms. The standard InChI is InChI=1S/C19H24N2O/c1-14(2)19(16-7-5-4-6-8-16)21(3)18(22)13-15-9-11-17(20)12-10-15/h4-12,14,19H,13,20H2,1-3H3. The van der Waals surface area contributed by atoms with Crippen LogP contribution in [0.1, 0.15) is 31.0 Å². The minimum atomic E-state index is 0.0856. The molecule has 116 valence electrons. The average Bonchev–Trinajstić information content (AvgIpc) is 2.50. The molecular formula is C19H24N2O. The van der Waals surface area contributed by atoms with Crippen LogP contribution in [-0.2, 0) is 11.2 Å². The zero-order valence-electron chi connectivity index (χ0n) is 13.5. The molecule has 0 fully saturated rings.